The third kappa shape index (κ3) is 2.80. The Kier molecular flexibility index (Phi) is 4.25. The predicted octanol–water partition coefficient (Wildman–Crippen LogP) is 1.56. The Morgan fingerprint density at radius 1 is 1.29 bits per heavy atom. The van der Waals surface area contributed by atoms with E-state index in [0.717, 1.165) is 0 Å². The molecule has 0 spiro atoms. The van der Waals surface area contributed by atoms with Gasteiger partial charge in [0.05, 0.1) is 0 Å². The number of hydrogen-bond donors (Lipinski definition) is 1. The van der Waals surface area contributed by atoms with Gasteiger partial charge in [0.2, 0.25) is 0 Å². The molecule has 0 unspecified atom stereocenters. The van der Waals surface area contributed by atoms with Crippen LogP contribution in [0.4, 0.5) is 0 Å². The number of carbonyl (C=O) groups excluding carboxylic acids is 1. The van der Waals surface area contributed by atoms with Crippen molar-refractivity contribution in [2.45, 2.75) is 11.8 Å². The molecule has 4 nitrogen and oxygen atoms in total. The molecule has 0 radical (unpaired) electrons. The van der Waals surface area contributed by atoms with Gasteiger partial charge in [-0.1, -0.05) is 18.2 Å². The smallest absolute Gasteiger partial charge is 0.294 e. The molecule has 1 aromatic carbocycles. The van der Waals surface area contributed by atoms with Crippen LogP contribution < -0.4 is 0 Å². The van der Waals surface area contributed by atoms with E-state index < -0.39 is 15.9 Å². The van der Waals surface area contributed by atoms with Crippen LogP contribution in [0.5, 0.6) is 0 Å². The van der Waals surface area contributed by atoms with Crippen molar-refractivity contribution in [1.82, 2.24) is 0 Å². The second-order valence-corrected chi connectivity index (χ2v) is 3.92. The second-order valence-electron chi connectivity index (χ2n) is 2.53. The molecule has 14 heavy (non-hydrogen) atoms. The molecule has 0 aliphatic rings. The fourth-order valence-corrected chi connectivity index (χ4v) is 1.72. The minimum Gasteiger partial charge on any atom is -0.294 e. The predicted molar refractivity (Wildman–Crippen MR) is 53.5 cm³/mol. The maximum Gasteiger partial charge on any atom is 0.295 e. The van der Waals surface area contributed by atoms with E-state index in [1.165, 1.54) is 31.2 Å². The summed E-state index contributed by atoms with van der Waals surface area (Å²) >= 11 is 0. The lowest BCUT2D eigenvalue weighted by Gasteiger charge is -2.01. The van der Waals surface area contributed by atoms with E-state index >= 15 is 0 Å². The summed E-state index contributed by atoms with van der Waals surface area (Å²) < 4.78 is 30.3. The molecule has 0 amide bonds. The van der Waals surface area contributed by atoms with Crippen LogP contribution >= 0.6 is 12.4 Å². The summed E-state index contributed by atoms with van der Waals surface area (Å²) in [6, 6.07) is 5.51. The SMILES string of the molecule is CC(=O)c1ccccc1S(=O)(=O)O.Cl. The zero-order valence-electron chi connectivity index (χ0n) is 7.30. The summed E-state index contributed by atoms with van der Waals surface area (Å²) in [5.41, 5.74) is 0.00463. The van der Waals surface area contributed by atoms with Crippen molar-refractivity contribution in [3.8, 4) is 0 Å². The fourth-order valence-electron chi connectivity index (χ4n) is 0.982. The standard InChI is InChI=1S/C8H8O4S.ClH/c1-6(9)7-4-2-3-5-8(7)13(10,11)12;/h2-5H,1H3,(H,10,11,12);1H. The van der Waals surface area contributed by atoms with Crippen LogP contribution in [0.15, 0.2) is 29.2 Å². The van der Waals surface area contributed by atoms with Crippen LogP contribution in [0.2, 0.25) is 0 Å². The molecule has 6 heteroatoms. The van der Waals surface area contributed by atoms with Gasteiger partial charge in [-0.3, -0.25) is 9.35 Å². The lowest BCUT2D eigenvalue weighted by molar-refractivity contribution is 0.101. The Morgan fingerprint density at radius 2 is 1.79 bits per heavy atom. The first-order valence-electron chi connectivity index (χ1n) is 3.50. The van der Waals surface area contributed by atoms with Crippen molar-refractivity contribution >= 4 is 28.3 Å². The van der Waals surface area contributed by atoms with Crippen molar-refractivity contribution < 1.29 is 17.8 Å². The van der Waals surface area contributed by atoms with Gasteiger partial charge in [-0.2, -0.15) is 8.42 Å². The van der Waals surface area contributed by atoms with E-state index in [4.69, 9.17) is 4.55 Å². The van der Waals surface area contributed by atoms with Crippen LogP contribution in [0.1, 0.15) is 17.3 Å². The highest BCUT2D eigenvalue weighted by atomic mass is 35.5. The minimum absolute atomic E-state index is 0. The van der Waals surface area contributed by atoms with E-state index in [9.17, 15) is 13.2 Å². The van der Waals surface area contributed by atoms with Gasteiger partial charge in [-0.05, 0) is 13.0 Å². The number of Topliss-reactive ketones (excluding diaryl/α,β-unsaturated/α-hetero) is 1. The molecule has 0 aromatic heterocycles. The van der Waals surface area contributed by atoms with Gasteiger partial charge in [0.1, 0.15) is 4.90 Å². The number of ketones is 1. The van der Waals surface area contributed by atoms with Gasteiger partial charge >= 0.3 is 0 Å². The van der Waals surface area contributed by atoms with Crippen LogP contribution in [-0.4, -0.2) is 18.8 Å². The lowest BCUT2D eigenvalue weighted by atomic mass is 10.1. The fraction of sp³-hybridized carbons (Fsp3) is 0.125. The van der Waals surface area contributed by atoms with Gasteiger partial charge in [0.15, 0.2) is 5.78 Å². The monoisotopic (exact) mass is 236 g/mol. The van der Waals surface area contributed by atoms with Crippen molar-refractivity contribution in [3.05, 3.63) is 29.8 Å². The molecule has 0 bridgehead atoms. The van der Waals surface area contributed by atoms with Crippen LogP contribution in [0.25, 0.3) is 0 Å². The van der Waals surface area contributed by atoms with Crippen LogP contribution in [-0.2, 0) is 10.1 Å². The molecule has 0 fully saturated rings. The molecule has 1 rings (SSSR count). The Balaban J connectivity index is 0.00000169. The molecule has 0 atom stereocenters. The summed E-state index contributed by atoms with van der Waals surface area (Å²) in [5, 5.41) is 0. The highest BCUT2D eigenvalue weighted by Gasteiger charge is 2.16. The van der Waals surface area contributed by atoms with Crippen molar-refractivity contribution in [2.75, 3.05) is 0 Å². The van der Waals surface area contributed by atoms with Crippen molar-refractivity contribution in [2.24, 2.45) is 0 Å². The summed E-state index contributed by atoms with van der Waals surface area (Å²) in [5.74, 6) is -0.395. The van der Waals surface area contributed by atoms with E-state index in [0.29, 0.717) is 0 Å². The van der Waals surface area contributed by atoms with Crippen LogP contribution in [0.3, 0.4) is 0 Å². The van der Waals surface area contributed by atoms with E-state index in [2.05, 4.69) is 0 Å². The van der Waals surface area contributed by atoms with Crippen molar-refractivity contribution in [3.63, 3.8) is 0 Å². The minimum atomic E-state index is -4.30. The Labute approximate surface area is 88.1 Å². The number of carbonyl (C=O) groups is 1. The third-order valence-corrected chi connectivity index (χ3v) is 2.46. The Bertz CT molecular complexity index is 438. The number of hydrogen-bond acceptors (Lipinski definition) is 3. The molecule has 0 heterocycles. The molecule has 78 valence electrons. The molecule has 0 aliphatic heterocycles. The van der Waals surface area contributed by atoms with Gasteiger partial charge in [0.25, 0.3) is 10.1 Å². The highest BCUT2D eigenvalue weighted by molar-refractivity contribution is 7.86. The summed E-state index contributed by atoms with van der Waals surface area (Å²) in [7, 11) is -4.30. The zero-order valence-corrected chi connectivity index (χ0v) is 8.93. The molecular formula is C8H9ClO4S. The van der Waals surface area contributed by atoms with Crippen molar-refractivity contribution in [1.29, 1.82) is 0 Å². The normalized spacial score (nSPS) is 10.4. The summed E-state index contributed by atoms with van der Waals surface area (Å²) in [6.07, 6.45) is 0. The van der Waals surface area contributed by atoms with Gasteiger partial charge < -0.3 is 0 Å². The molecule has 1 N–H and O–H groups in total. The topological polar surface area (TPSA) is 71.4 Å². The first-order chi connectivity index (χ1) is 5.93. The van der Waals surface area contributed by atoms with E-state index in [-0.39, 0.29) is 22.9 Å². The highest BCUT2D eigenvalue weighted by Crippen LogP contribution is 2.14. The van der Waals surface area contributed by atoms with E-state index in [1.54, 1.807) is 0 Å². The number of benzene rings is 1. The van der Waals surface area contributed by atoms with Gasteiger partial charge in [0, 0.05) is 5.56 Å². The summed E-state index contributed by atoms with van der Waals surface area (Å²) in [4.78, 5) is 10.6. The number of halogens is 1. The quantitative estimate of drug-likeness (QED) is 0.625. The lowest BCUT2D eigenvalue weighted by Crippen LogP contribution is -2.05. The van der Waals surface area contributed by atoms with Gasteiger partial charge in [-0.15, -0.1) is 12.4 Å². The average molecular weight is 237 g/mol. The maximum atomic E-state index is 10.9. The zero-order chi connectivity index (χ0) is 10.1. The molecule has 0 saturated carbocycles. The summed E-state index contributed by atoms with van der Waals surface area (Å²) in [6.45, 7) is 1.24. The van der Waals surface area contributed by atoms with Gasteiger partial charge in [-0.25, -0.2) is 0 Å². The maximum absolute atomic E-state index is 10.9. The second kappa shape index (κ2) is 4.54. The average Bonchev–Trinajstić information content (AvgIpc) is 2.03. The number of rotatable bonds is 2. The third-order valence-electron chi connectivity index (χ3n) is 1.54. The Hall–Kier alpha value is -0.910. The first-order valence-corrected chi connectivity index (χ1v) is 4.94. The Morgan fingerprint density at radius 3 is 2.14 bits per heavy atom. The molecule has 0 saturated heterocycles. The first kappa shape index (κ1) is 13.1. The van der Waals surface area contributed by atoms with E-state index in [1.807, 2.05) is 0 Å². The molecular weight excluding hydrogens is 228 g/mol. The van der Waals surface area contributed by atoms with Crippen LogP contribution in [0, 0.1) is 0 Å². The molecule has 0 aliphatic carbocycles. The largest absolute Gasteiger partial charge is 0.295 e. The molecule has 1 aromatic rings.